The third kappa shape index (κ3) is 3.51. The fourth-order valence-electron chi connectivity index (χ4n) is 2.49. The Balaban J connectivity index is 2.02. The van der Waals surface area contributed by atoms with Gasteiger partial charge in [0, 0.05) is 11.1 Å². The monoisotopic (exact) mass is 296 g/mol. The summed E-state index contributed by atoms with van der Waals surface area (Å²) in [4.78, 5) is 12.4. The molecule has 0 saturated carbocycles. The van der Waals surface area contributed by atoms with Crippen molar-refractivity contribution in [3.8, 4) is 0 Å². The van der Waals surface area contributed by atoms with E-state index in [-0.39, 0.29) is 23.9 Å². The third-order valence-corrected chi connectivity index (χ3v) is 4.04. The van der Waals surface area contributed by atoms with Crippen LogP contribution in [-0.2, 0) is 9.53 Å². The second-order valence-corrected chi connectivity index (χ2v) is 5.50. The van der Waals surface area contributed by atoms with E-state index in [0.29, 0.717) is 18.2 Å². The van der Waals surface area contributed by atoms with Crippen LogP contribution in [0.25, 0.3) is 0 Å². The predicted octanol–water partition coefficient (Wildman–Crippen LogP) is 2.14. The number of carbonyl (C=O) groups excluding carboxylic acids is 1. The summed E-state index contributed by atoms with van der Waals surface area (Å²) in [5, 5.41) is 6.94. The fraction of sp³-hybridized carbons (Fsp3) is 0.533. The molecule has 1 aliphatic heterocycles. The zero-order valence-electron chi connectivity index (χ0n) is 11.9. The largest absolute Gasteiger partial charge is 0.379 e. The first-order valence-corrected chi connectivity index (χ1v) is 7.34. The molecule has 1 fully saturated rings. The lowest BCUT2D eigenvalue weighted by Crippen LogP contribution is -2.43. The zero-order valence-corrected chi connectivity index (χ0v) is 12.6. The minimum Gasteiger partial charge on any atom is -0.379 e. The van der Waals surface area contributed by atoms with E-state index in [9.17, 15) is 4.79 Å². The summed E-state index contributed by atoms with van der Waals surface area (Å²) in [6.07, 6.45) is 0.838. The van der Waals surface area contributed by atoms with Gasteiger partial charge in [0.1, 0.15) is 0 Å². The van der Waals surface area contributed by atoms with Gasteiger partial charge in [-0.15, -0.1) is 0 Å². The van der Waals surface area contributed by atoms with Gasteiger partial charge in [0.15, 0.2) is 0 Å². The molecule has 0 aliphatic carbocycles. The van der Waals surface area contributed by atoms with Crippen molar-refractivity contribution in [2.24, 2.45) is 5.92 Å². The highest BCUT2D eigenvalue weighted by Crippen LogP contribution is 2.21. The lowest BCUT2D eigenvalue weighted by atomic mass is 10.00. The second-order valence-electron chi connectivity index (χ2n) is 5.06. The summed E-state index contributed by atoms with van der Waals surface area (Å²) < 4.78 is 5.38. The van der Waals surface area contributed by atoms with Gasteiger partial charge < -0.3 is 15.4 Å². The maximum absolute atomic E-state index is 12.4. The first-order valence-electron chi connectivity index (χ1n) is 6.96. The number of ether oxygens (including phenoxy) is 1. The molecular weight excluding hydrogens is 276 g/mol. The van der Waals surface area contributed by atoms with Crippen molar-refractivity contribution in [3.05, 3.63) is 34.9 Å². The van der Waals surface area contributed by atoms with Gasteiger partial charge in [0.05, 0.1) is 25.2 Å². The third-order valence-electron chi connectivity index (χ3n) is 3.79. The van der Waals surface area contributed by atoms with E-state index >= 15 is 0 Å². The average Bonchev–Trinajstić information content (AvgIpc) is 2.94. The molecule has 1 amide bonds. The normalized spacial score (nSPS) is 23.6. The van der Waals surface area contributed by atoms with Crippen molar-refractivity contribution in [2.75, 3.05) is 20.3 Å². The van der Waals surface area contributed by atoms with E-state index < -0.39 is 0 Å². The summed E-state index contributed by atoms with van der Waals surface area (Å²) in [5.74, 6) is -0.0787. The van der Waals surface area contributed by atoms with Gasteiger partial charge in [0.2, 0.25) is 5.91 Å². The molecule has 0 spiro atoms. The predicted molar refractivity (Wildman–Crippen MR) is 79.8 cm³/mol. The van der Waals surface area contributed by atoms with Crippen LogP contribution in [0.5, 0.6) is 0 Å². The molecule has 3 atom stereocenters. The lowest BCUT2D eigenvalue weighted by molar-refractivity contribution is -0.126. The number of nitrogens with one attached hydrogen (secondary N) is 2. The Morgan fingerprint density at radius 2 is 2.10 bits per heavy atom. The van der Waals surface area contributed by atoms with Crippen LogP contribution in [0.1, 0.15) is 24.9 Å². The highest BCUT2D eigenvalue weighted by Gasteiger charge is 2.33. The summed E-state index contributed by atoms with van der Waals surface area (Å²) in [7, 11) is 1.86. The van der Waals surface area contributed by atoms with Gasteiger partial charge in [-0.3, -0.25) is 4.79 Å². The quantitative estimate of drug-likeness (QED) is 0.875. The summed E-state index contributed by atoms with van der Waals surface area (Å²) in [6.45, 7) is 3.13. The number of hydrogen-bond donors (Lipinski definition) is 2. The van der Waals surface area contributed by atoms with Gasteiger partial charge in [0.25, 0.3) is 0 Å². The molecule has 1 aromatic rings. The highest BCUT2D eigenvalue weighted by atomic mass is 35.5. The Kier molecular flexibility index (Phi) is 5.40. The Morgan fingerprint density at radius 1 is 1.40 bits per heavy atom. The molecule has 2 N–H and O–H groups in total. The number of halogens is 1. The maximum atomic E-state index is 12.4. The van der Waals surface area contributed by atoms with Crippen LogP contribution in [0.4, 0.5) is 0 Å². The topological polar surface area (TPSA) is 50.4 Å². The molecule has 20 heavy (non-hydrogen) atoms. The standard InChI is InChI=1S/C15H21ClN2O2/c1-3-13(10-4-6-11(16)7-5-10)18-15(19)12-8-20-9-14(12)17-2/h4-7,12-14,17H,3,8-9H2,1-2H3,(H,18,19). The van der Waals surface area contributed by atoms with Crippen LogP contribution in [-0.4, -0.2) is 32.2 Å². The van der Waals surface area contributed by atoms with E-state index in [4.69, 9.17) is 16.3 Å². The highest BCUT2D eigenvalue weighted by molar-refractivity contribution is 6.30. The smallest absolute Gasteiger partial charge is 0.227 e. The van der Waals surface area contributed by atoms with Crippen molar-refractivity contribution in [1.29, 1.82) is 0 Å². The SMILES string of the molecule is CCC(NC(=O)C1COCC1NC)c1ccc(Cl)cc1. The Labute approximate surface area is 124 Å². The molecule has 110 valence electrons. The Morgan fingerprint density at radius 3 is 2.70 bits per heavy atom. The average molecular weight is 297 g/mol. The zero-order chi connectivity index (χ0) is 14.5. The summed E-state index contributed by atoms with van der Waals surface area (Å²) in [5.41, 5.74) is 1.07. The first-order chi connectivity index (χ1) is 9.65. The molecule has 1 saturated heterocycles. The molecule has 1 aromatic carbocycles. The van der Waals surface area contributed by atoms with Gasteiger partial charge in [-0.2, -0.15) is 0 Å². The van der Waals surface area contributed by atoms with Gasteiger partial charge >= 0.3 is 0 Å². The van der Waals surface area contributed by atoms with Crippen LogP contribution in [0.15, 0.2) is 24.3 Å². The molecule has 0 bridgehead atoms. The molecular formula is C15H21ClN2O2. The summed E-state index contributed by atoms with van der Waals surface area (Å²) in [6, 6.07) is 7.71. The van der Waals surface area contributed by atoms with E-state index in [1.807, 2.05) is 31.3 Å². The number of benzene rings is 1. The second kappa shape index (κ2) is 7.07. The first kappa shape index (κ1) is 15.3. The molecule has 2 rings (SSSR count). The summed E-state index contributed by atoms with van der Waals surface area (Å²) >= 11 is 5.89. The minimum atomic E-state index is -0.124. The van der Waals surface area contributed by atoms with Crippen LogP contribution in [0.2, 0.25) is 5.02 Å². The minimum absolute atomic E-state index is 0.0119. The molecule has 5 heteroatoms. The Hall–Kier alpha value is -1.10. The van der Waals surface area contributed by atoms with Crippen LogP contribution in [0, 0.1) is 5.92 Å². The van der Waals surface area contributed by atoms with Gasteiger partial charge in [-0.1, -0.05) is 30.7 Å². The molecule has 1 heterocycles. The van der Waals surface area contributed by atoms with Gasteiger partial charge in [-0.05, 0) is 31.2 Å². The van der Waals surface area contributed by atoms with E-state index in [1.54, 1.807) is 0 Å². The van der Waals surface area contributed by atoms with E-state index in [0.717, 1.165) is 12.0 Å². The number of rotatable bonds is 5. The molecule has 3 unspecified atom stereocenters. The van der Waals surface area contributed by atoms with E-state index in [2.05, 4.69) is 17.6 Å². The van der Waals surface area contributed by atoms with Crippen molar-refractivity contribution < 1.29 is 9.53 Å². The van der Waals surface area contributed by atoms with Crippen molar-refractivity contribution in [1.82, 2.24) is 10.6 Å². The number of carbonyl (C=O) groups is 1. The Bertz CT molecular complexity index is 450. The van der Waals surface area contributed by atoms with Crippen LogP contribution in [0.3, 0.4) is 0 Å². The van der Waals surface area contributed by atoms with Crippen LogP contribution < -0.4 is 10.6 Å². The van der Waals surface area contributed by atoms with Crippen LogP contribution >= 0.6 is 11.6 Å². The number of hydrogen-bond acceptors (Lipinski definition) is 3. The van der Waals surface area contributed by atoms with Crippen molar-refractivity contribution in [3.63, 3.8) is 0 Å². The lowest BCUT2D eigenvalue weighted by Gasteiger charge is -2.22. The fourth-order valence-corrected chi connectivity index (χ4v) is 2.62. The number of likely N-dealkylation sites (N-methyl/N-ethyl adjacent to an activating group) is 1. The molecule has 4 nitrogen and oxygen atoms in total. The molecule has 1 aliphatic rings. The van der Waals surface area contributed by atoms with Crippen molar-refractivity contribution >= 4 is 17.5 Å². The maximum Gasteiger partial charge on any atom is 0.227 e. The molecule has 0 radical (unpaired) electrons. The van der Waals surface area contributed by atoms with Crippen molar-refractivity contribution in [2.45, 2.75) is 25.4 Å². The van der Waals surface area contributed by atoms with Gasteiger partial charge in [-0.25, -0.2) is 0 Å². The molecule has 0 aromatic heterocycles. The van der Waals surface area contributed by atoms with E-state index in [1.165, 1.54) is 0 Å². The number of amides is 1.